The largest absolute Gasteiger partial charge is 2.00 e. The van der Waals surface area contributed by atoms with Gasteiger partial charge in [-0.15, -0.1) is 0 Å². The van der Waals surface area contributed by atoms with Crippen LogP contribution in [0.5, 0.6) is 0 Å². The van der Waals surface area contributed by atoms with Crippen LogP contribution in [0.25, 0.3) is 0 Å². The summed E-state index contributed by atoms with van der Waals surface area (Å²) in [4.78, 5) is 10.1. The number of rotatable bonds is 2. The second-order valence-electron chi connectivity index (χ2n) is 1.94. The Labute approximate surface area is 97.6 Å². The average Bonchev–Trinajstić information content (AvgIpc) is 1.88. The Morgan fingerprint density at radius 3 is 2.36 bits per heavy atom. The molecule has 1 N–H and O–H groups in total. The van der Waals surface area contributed by atoms with Crippen molar-refractivity contribution in [1.82, 2.24) is 0 Å². The first-order valence-electron chi connectivity index (χ1n) is 2.95. The Bertz CT molecular complexity index is 233. The monoisotopic (exact) mass is 180 g/mol. The number of carboxylic acids is 1. The molecule has 0 bridgehead atoms. The van der Waals surface area contributed by atoms with E-state index in [1.165, 1.54) is 0 Å². The van der Waals surface area contributed by atoms with E-state index in [9.17, 15) is 4.79 Å². The van der Waals surface area contributed by atoms with Crippen LogP contribution in [0.3, 0.4) is 0 Å². The third-order valence-electron chi connectivity index (χ3n) is 1.10. The fourth-order valence-corrected chi connectivity index (χ4v) is 0.696. The third-order valence-corrected chi connectivity index (χ3v) is 1.10. The zero-order chi connectivity index (χ0) is 7.40. The number of pyridine rings is 1. The van der Waals surface area contributed by atoms with E-state index < -0.39 is 5.97 Å². The number of carboxylic acid groups (broad SMARTS) is 1. The van der Waals surface area contributed by atoms with Gasteiger partial charge in [-0.05, 0) is 0 Å². The molecule has 0 spiro atoms. The fraction of sp³-hybridized carbons (Fsp3) is 0.143. The molecule has 1 heterocycles. The molecule has 1 aromatic heterocycles. The van der Waals surface area contributed by atoms with Crippen molar-refractivity contribution in [1.29, 1.82) is 0 Å². The van der Waals surface area contributed by atoms with E-state index in [0.29, 0.717) is 0 Å². The van der Waals surface area contributed by atoms with Gasteiger partial charge < -0.3 is 7.96 Å². The standard InChI is InChI=1S/C7H7NO2.Ca.2H/c9-7(10)6-8-4-2-1-3-5-8;;;/h1-5H,6H2;;;/q;+2;2*-1/p+1. The van der Waals surface area contributed by atoms with Gasteiger partial charge in [0.2, 0.25) is 6.54 Å². The Morgan fingerprint density at radius 1 is 1.36 bits per heavy atom. The van der Waals surface area contributed by atoms with Crippen LogP contribution in [-0.2, 0) is 11.3 Å². The zero-order valence-corrected chi connectivity index (χ0v) is 8.31. The first kappa shape index (κ1) is 10.9. The van der Waals surface area contributed by atoms with Crippen LogP contribution in [0.1, 0.15) is 2.85 Å². The number of aliphatic carboxylic acids is 1. The van der Waals surface area contributed by atoms with E-state index in [-0.39, 0.29) is 47.1 Å². The van der Waals surface area contributed by atoms with Crippen LogP contribution in [-0.4, -0.2) is 48.8 Å². The van der Waals surface area contributed by atoms with E-state index in [4.69, 9.17) is 5.11 Å². The van der Waals surface area contributed by atoms with E-state index in [1.807, 2.05) is 6.07 Å². The van der Waals surface area contributed by atoms with Crippen LogP contribution >= 0.6 is 0 Å². The summed E-state index contributed by atoms with van der Waals surface area (Å²) in [7, 11) is 0. The van der Waals surface area contributed by atoms with Crippen molar-refractivity contribution < 1.29 is 17.3 Å². The smallest absolute Gasteiger partial charge is 1.00 e. The van der Waals surface area contributed by atoms with E-state index in [0.717, 1.165) is 0 Å². The van der Waals surface area contributed by atoms with Gasteiger partial charge in [0.25, 0.3) is 0 Å². The zero-order valence-electron chi connectivity index (χ0n) is 8.10. The van der Waals surface area contributed by atoms with Crippen LogP contribution in [0, 0.1) is 0 Å². The Hall–Kier alpha value is -0.120. The number of nitrogens with zero attached hydrogens (tertiary/aromatic N) is 1. The maximum Gasteiger partial charge on any atom is 2.00 e. The quantitative estimate of drug-likeness (QED) is 0.510. The molecule has 0 fully saturated rings. The summed E-state index contributed by atoms with van der Waals surface area (Å²) in [6.45, 7) is 0.0286. The number of hydrogen-bond donors (Lipinski definition) is 1. The Balaban J connectivity index is -0.000000333. The van der Waals surface area contributed by atoms with Gasteiger partial charge in [-0.1, -0.05) is 6.07 Å². The van der Waals surface area contributed by atoms with Crippen molar-refractivity contribution in [2.45, 2.75) is 6.54 Å². The van der Waals surface area contributed by atoms with Gasteiger partial charge in [-0.2, -0.15) is 4.57 Å². The number of aromatic nitrogens is 1. The minimum absolute atomic E-state index is 0. The molecule has 0 saturated carbocycles. The molecule has 1 rings (SSSR count). The molecule has 0 aromatic carbocycles. The first-order valence-corrected chi connectivity index (χ1v) is 2.95. The fourth-order valence-electron chi connectivity index (χ4n) is 0.696. The molecule has 0 atom stereocenters. The van der Waals surface area contributed by atoms with Gasteiger partial charge >= 0.3 is 43.7 Å². The van der Waals surface area contributed by atoms with Crippen molar-refractivity contribution in [2.24, 2.45) is 0 Å². The Morgan fingerprint density at radius 2 is 1.91 bits per heavy atom. The molecule has 0 aliphatic carbocycles. The van der Waals surface area contributed by atoms with Gasteiger partial charge in [0.05, 0.1) is 0 Å². The summed E-state index contributed by atoms with van der Waals surface area (Å²) in [5.74, 6) is -0.823. The number of hydrogen-bond acceptors (Lipinski definition) is 1. The maximum atomic E-state index is 10.1. The molecule has 4 heteroatoms. The van der Waals surface area contributed by atoms with Crippen molar-refractivity contribution >= 4 is 43.7 Å². The number of carbonyl (C=O) groups is 1. The summed E-state index contributed by atoms with van der Waals surface area (Å²) < 4.78 is 1.60. The molecule has 0 radical (unpaired) electrons. The van der Waals surface area contributed by atoms with Gasteiger partial charge in [0.15, 0.2) is 12.4 Å². The summed E-state index contributed by atoms with van der Waals surface area (Å²) in [6.07, 6.45) is 3.43. The molecule has 0 amide bonds. The second kappa shape index (κ2) is 5.52. The van der Waals surface area contributed by atoms with Crippen molar-refractivity contribution in [3.8, 4) is 0 Å². The predicted octanol–water partition coefficient (Wildman–Crippen LogP) is -0.0971. The van der Waals surface area contributed by atoms with E-state index in [1.54, 1.807) is 29.1 Å². The molecular weight excluding hydrogens is 170 g/mol. The summed E-state index contributed by atoms with van der Waals surface area (Å²) in [5.41, 5.74) is 0. The molecule has 3 nitrogen and oxygen atoms in total. The van der Waals surface area contributed by atoms with Gasteiger partial charge in [-0.25, -0.2) is 4.79 Å². The van der Waals surface area contributed by atoms with Crippen LogP contribution < -0.4 is 4.57 Å². The minimum Gasteiger partial charge on any atom is -1.00 e. The Kier molecular flexibility index (Phi) is 5.46. The van der Waals surface area contributed by atoms with Gasteiger partial charge in [0, 0.05) is 12.1 Å². The van der Waals surface area contributed by atoms with Crippen molar-refractivity contribution in [3.05, 3.63) is 30.6 Å². The van der Waals surface area contributed by atoms with E-state index >= 15 is 0 Å². The summed E-state index contributed by atoms with van der Waals surface area (Å²) in [6, 6.07) is 5.43. The van der Waals surface area contributed by atoms with Crippen LogP contribution in [0.2, 0.25) is 0 Å². The normalized spacial score (nSPS) is 8.36. The summed E-state index contributed by atoms with van der Waals surface area (Å²) in [5, 5.41) is 8.35. The van der Waals surface area contributed by atoms with Crippen LogP contribution in [0.4, 0.5) is 0 Å². The molecule has 0 saturated heterocycles. The van der Waals surface area contributed by atoms with Gasteiger partial charge in [-0.3, -0.25) is 0 Å². The van der Waals surface area contributed by atoms with E-state index in [2.05, 4.69) is 0 Å². The predicted molar refractivity (Wildman–Crippen MR) is 42.3 cm³/mol. The molecule has 0 aliphatic heterocycles. The van der Waals surface area contributed by atoms with Gasteiger partial charge in [0.1, 0.15) is 0 Å². The first-order chi connectivity index (χ1) is 4.79. The second-order valence-corrected chi connectivity index (χ2v) is 1.94. The molecule has 1 aromatic rings. The summed E-state index contributed by atoms with van der Waals surface area (Å²) >= 11 is 0. The average molecular weight is 180 g/mol. The molecular formula is C7H10CaNO2+. The molecule has 0 unspecified atom stereocenters. The van der Waals surface area contributed by atoms with Crippen LogP contribution in [0.15, 0.2) is 30.6 Å². The maximum absolute atomic E-state index is 10.1. The SMILES string of the molecule is O=C(O)C[n+]1ccccc1.[Ca+2].[H-].[H-]. The van der Waals surface area contributed by atoms with Crippen molar-refractivity contribution in [3.63, 3.8) is 0 Å². The minimum atomic E-state index is -0.823. The third kappa shape index (κ3) is 4.35. The topological polar surface area (TPSA) is 41.2 Å². The van der Waals surface area contributed by atoms with Crippen molar-refractivity contribution in [2.75, 3.05) is 0 Å². The molecule has 0 aliphatic rings. The molecule has 11 heavy (non-hydrogen) atoms. The molecule has 56 valence electrons.